The highest BCUT2D eigenvalue weighted by Gasteiger charge is 2.23. The standard InChI is InChI=1S/C17H17N3O2S/c1-12(17-18-14-8-4-6-10-16(14)23-17)19(2)11-13-7-3-5-9-15(13)20(21)22/h3-10,12H,11H2,1-2H3/p+1/t12-/m0/s1. The molecule has 0 aliphatic carbocycles. The molecule has 2 atom stereocenters. The van der Waals surface area contributed by atoms with Crippen LogP contribution in [0.4, 0.5) is 5.69 Å². The van der Waals surface area contributed by atoms with Gasteiger partial charge in [0.05, 0.1) is 27.8 Å². The molecule has 0 radical (unpaired) electrons. The topological polar surface area (TPSA) is 60.5 Å². The van der Waals surface area contributed by atoms with E-state index in [1.54, 1.807) is 23.5 Å². The number of hydrogen-bond acceptors (Lipinski definition) is 4. The van der Waals surface area contributed by atoms with Gasteiger partial charge in [-0.15, -0.1) is 11.3 Å². The van der Waals surface area contributed by atoms with E-state index < -0.39 is 0 Å². The zero-order valence-electron chi connectivity index (χ0n) is 13.0. The lowest BCUT2D eigenvalue weighted by molar-refractivity contribution is -0.924. The molecule has 0 aliphatic rings. The summed E-state index contributed by atoms with van der Waals surface area (Å²) in [4.78, 5) is 16.7. The Morgan fingerprint density at radius 2 is 1.91 bits per heavy atom. The molecule has 118 valence electrons. The molecule has 2 aromatic carbocycles. The summed E-state index contributed by atoms with van der Waals surface area (Å²) in [6.45, 7) is 2.70. The summed E-state index contributed by atoms with van der Waals surface area (Å²) >= 11 is 1.69. The van der Waals surface area contributed by atoms with Crippen LogP contribution in [0.1, 0.15) is 23.5 Å². The number of nitrogens with zero attached hydrogens (tertiary/aromatic N) is 2. The minimum Gasteiger partial charge on any atom is -0.325 e. The molecule has 0 spiro atoms. The van der Waals surface area contributed by atoms with Gasteiger partial charge in [0.1, 0.15) is 12.6 Å². The molecular formula is C17H18N3O2S+. The molecule has 1 heterocycles. The molecule has 5 nitrogen and oxygen atoms in total. The molecule has 1 N–H and O–H groups in total. The van der Waals surface area contributed by atoms with E-state index in [4.69, 9.17) is 4.98 Å². The Kier molecular flexibility index (Phi) is 4.36. The average Bonchev–Trinajstić information content (AvgIpc) is 2.98. The number of quaternary nitrogens is 1. The van der Waals surface area contributed by atoms with E-state index >= 15 is 0 Å². The van der Waals surface area contributed by atoms with E-state index in [1.165, 1.54) is 9.60 Å². The van der Waals surface area contributed by atoms with Gasteiger partial charge in [0.25, 0.3) is 5.69 Å². The average molecular weight is 328 g/mol. The second-order valence-electron chi connectivity index (χ2n) is 5.65. The van der Waals surface area contributed by atoms with Gasteiger partial charge in [-0.1, -0.05) is 24.3 Å². The lowest BCUT2D eigenvalue weighted by atomic mass is 10.1. The van der Waals surface area contributed by atoms with Crippen LogP contribution < -0.4 is 4.90 Å². The van der Waals surface area contributed by atoms with Crippen LogP contribution in [-0.4, -0.2) is 17.0 Å². The number of nitro benzene ring substituents is 1. The van der Waals surface area contributed by atoms with Crippen LogP contribution in [0.15, 0.2) is 48.5 Å². The maximum absolute atomic E-state index is 11.1. The third-order valence-corrected chi connectivity index (χ3v) is 5.30. The van der Waals surface area contributed by atoms with Crippen molar-refractivity contribution >= 4 is 27.2 Å². The molecule has 3 aromatic rings. The van der Waals surface area contributed by atoms with Crippen LogP contribution >= 0.6 is 11.3 Å². The van der Waals surface area contributed by atoms with E-state index in [1.807, 2.05) is 37.4 Å². The van der Waals surface area contributed by atoms with Crippen molar-refractivity contribution in [3.05, 3.63) is 69.2 Å². The molecule has 0 aliphatic heterocycles. The quantitative estimate of drug-likeness (QED) is 0.578. The lowest BCUT2D eigenvalue weighted by Crippen LogP contribution is -3.07. The first kappa shape index (κ1) is 15.6. The zero-order chi connectivity index (χ0) is 16.4. The summed E-state index contributed by atoms with van der Waals surface area (Å²) < 4.78 is 1.17. The van der Waals surface area contributed by atoms with E-state index in [0.29, 0.717) is 6.54 Å². The summed E-state index contributed by atoms with van der Waals surface area (Å²) in [6.07, 6.45) is 0. The Balaban J connectivity index is 1.82. The maximum Gasteiger partial charge on any atom is 0.278 e. The molecule has 0 amide bonds. The van der Waals surface area contributed by atoms with Crippen LogP contribution in [0.25, 0.3) is 10.2 Å². The van der Waals surface area contributed by atoms with Gasteiger partial charge in [0.15, 0.2) is 5.01 Å². The Morgan fingerprint density at radius 3 is 2.65 bits per heavy atom. The van der Waals surface area contributed by atoms with Gasteiger partial charge in [-0.05, 0) is 25.1 Å². The van der Waals surface area contributed by atoms with E-state index in [-0.39, 0.29) is 16.7 Å². The van der Waals surface area contributed by atoms with Crippen molar-refractivity contribution in [1.29, 1.82) is 0 Å². The largest absolute Gasteiger partial charge is 0.325 e. The van der Waals surface area contributed by atoms with Crippen molar-refractivity contribution in [3.8, 4) is 0 Å². The predicted molar refractivity (Wildman–Crippen MR) is 91.7 cm³/mol. The highest BCUT2D eigenvalue weighted by molar-refractivity contribution is 7.18. The minimum absolute atomic E-state index is 0.173. The fourth-order valence-electron chi connectivity index (χ4n) is 2.58. The third-order valence-electron chi connectivity index (χ3n) is 4.08. The number of aromatic nitrogens is 1. The number of para-hydroxylation sites is 2. The van der Waals surface area contributed by atoms with Crippen molar-refractivity contribution in [2.45, 2.75) is 19.5 Å². The molecule has 6 heteroatoms. The highest BCUT2D eigenvalue weighted by Crippen LogP contribution is 2.25. The Bertz CT molecular complexity index is 813. The number of nitro groups is 1. The summed E-state index contributed by atoms with van der Waals surface area (Å²) in [6, 6.07) is 15.2. The summed E-state index contributed by atoms with van der Waals surface area (Å²) in [5.41, 5.74) is 1.95. The van der Waals surface area contributed by atoms with Crippen molar-refractivity contribution < 1.29 is 9.82 Å². The van der Waals surface area contributed by atoms with Gasteiger partial charge >= 0.3 is 0 Å². The monoisotopic (exact) mass is 328 g/mol. The Hall–Kier alpha value is -2.31. The number of rotatable bonds is 5. The molecule has 1 unspecified atom stereocenters. The smallest absolute Gasteiger partial charge is 0.278 e. The first-order valence-corrected chi connectivity index (χ1v) is 8.28. The third kappa shape index (κ3) is 3.23. The first-order valence-electron chi connectivity index (χ1n) is 7.46. The molecule has 1 aromatic heterocycles. The second kappa shape index (κ2) is 6.44. The van der Waals surface area contributed by atoms with Crippen molar-refractivity contribution in [1.82, 2.24) is 4.98 Å². The molecular weight excluding hydrogens is 310 g/mol. The second-order valence-corrected chi connectivity index (χ2v) is 6.71. The van der Waals surface area contributed by atoms with Gasteiger partial charge in [0.2, 0.25) is 0 Å². The normalized spacial score (nSPS) is 13.8. The maximum atomic E-state index is 11.1. The van der Waals surface area contributed by atoms with Crippen molar-refractivity contribution in [2.24, 2.45) is 0 Å². The van der Waals surface area contributed by atoms with Gasteiger partial charge < -0.3 is 4.90 Å². The summed E-state index contributed by atoms with van der Waals surface area (Å²) in [5, 5.41) is 12.2. The molecule has 3 rings (SSSR count). The van der Waals surface area contributed by atoms with E-state index in [0.717, 1.165) is 16.1 Å². The number of nitrogens with one attached hydrogen (secondary N) is 1. The van der Waals surface area contributed by atoms with Crippen LogP contribution in [-0.2, 0) is 6.54 Å². The number of fused-ring (bicyclic) bond motifs is 1. The highest BCUT2D eigenvalue weighted by atomic mass is 32.1. The summed E-state index contributed by atoms with van der Waals surface area (Å²) in [7, 11) is 2.05. The Morgan fingerprint density at radius 1 is 1.22 bits per heavy atom. The van der Waals surface area contributed by atoms with Gasteiger partial charge in [-0.3, -0.25) is 10.1 Å². The molecule has 0 saturated heterocycles. The predicted octanol–water partition coefficient (Wildman–Crippen LogP) is 2.98. The molecule has 0 saturated carbocycles. The molecule has 0 bridgehead atoms. The fourth-order valence-corrected chi connectivity index (χ4v) is 3.69. The van der Waals surface area contributed by atoms with Crippen molar-refractivity contribution in [3.63, 3.8) is 0 Å². The SMILES string of the molecule is C[C@@H](c1nc2ccccc2s1)[NH+](C)Cc1ccccc1[N+](=O)[O-]. The minimum atomic E-state index is -0.315. The van der Waals surface area contributed by atoms with Crippen LogP contribution in [0.5, 0.6) is 0 Å². The molecule has 0 fully saturated rings. The number of benzene rings is 2. The Labute approximate surface area is 138 Å². The fraction of sp³-hybridized carbons (Fsp3) is 0.235. The first-order chi connectivity index (χ1) is 11.1. The van der Waals surface area contributed by atoms with Gasteiger partial charge in [-0.25, -0.2) is 4.98 Å². The summed E-state index contributed by atoms with van der Waals surface area (Å²) in [5.74, 6) is 0. The molecule has 23 heavy (non-hydrogen) atoms. The number of hydrogen-bond donors (Lipinski definition) is 1. The van der Waals surface area contributed by atoms with E-state index in [9.17, 15) is 10.1 Å². The van der Waals surface area contributed by atoms with Gasteiger partial charge in [-0.2, -0.15) is 0 Å². The van der Waals surface area contributed by atoms with Crippen LogP contribution in [0.2, 0.25) is 0 Å². The lowest BCUT2D eigenvalue weighted by Gasteiger charge is -2.19. The van der Waals surface area contributed by atoms with Crippen LogP contribution in [0, 0.1) is 10.1 Å². The van der Waals surface area contributed by atoms with Gasteiger partial charge in [0, 0.05) is 6.07 Å². The number of thiazole rings is 1. The van der Waals surface area contributed by atoms with Crippen LogP contribution in [0.3, 0.4) is 0 Å². The van der Waals surface area contributed by atoms with Crippen molar-refractivity contribution in [2.75, 3.05) is 7.05 Å². The zero-order valence-corrected chi connectivity index (χ0v) is 13.8. The van der Waals surface area contributed by atoms with E-state index in [2.05, 4.69) is 13.0 Å².